The molecule has 0 bridgehead atoms. The standard InChI is InChI=1S/C12H16F2N4O2/c13-11(14)6-18-5-10(4-15-18)17-12(20)16-9-2-1-8(3-9)7-19/h1-2,4-5,8-9,11,19H,3,6-7H2,(H2,16,17,20)/t8-,9+/m0/s1. The second-order valence-electron chi connectivity index (χ2n) is 4.61. The second kappa shape index (κ2) is 6.47. The highest BCUT2D eigenvalue weighted by Gasteiger charge is 2.19. The maximum atomic E-state index is 12.1. The number of rotatable bonds is 5. The highest BCUT2D eigenvalue weighted by atomic mass is 19.3. The number of hydrogen-bond acceptors (Lipinski definition) is 3. The average Bonchev–Trinajstić information content (AvgIpc) is 2.98. The van der Waals surface area contributed by atoms with Crippen molar-refractivity contribution < 1.29 is 18.7 Å². The van der Waals surface area contributed by atoms with E-state index in [9.17, 15) is 13.6 Å². The van der Waals surface area contributed by atoms with Crippen molar-refractivity contribution in [1.29, 1.82) is 0 Å². The highest BCUT2D eigenvalue weighted by molar-refractivity contribution is 5.89. The van der Waals surface area contributed by atoms with Crippen LogP contribution in [0.2, 0.25) is 0 Å². The molecule has 0 saturated carbocycles. The number of carbonyl (C=O) groups excluding carboxylic acids is 1. The first kappa shape index (κ1) is 14.4. The molecule has 0 unspecified atom stereocenters. The average molecular weight is 286 g/mol. The molecule has 20 heavy (non-hydrogen) atoms. The van der Waals surface area contributed by atoms with Gasteiger partial charge in [-0.2, -0.15) is 5.10 Å². The zero-order valence-corrected chi connectivity index (χ0v) is 10.7. The third-order valence-corrected chi connectivity index (χ3v) is 2.94. The second-order valence-corrected chi connectivity index (χ2v) is 4.61. The van der Waals surface area contributed by atoms with Crippen LogP contribution >= 0.6 is 0 Å². The van der Waals surface area contributed by atoms with Gasteiger partial charge in [0, 0.05) is 24.8 Å². The van der Waals surface area contributed by atoms with Crippen LogP contribution < -0.4 is 10.6 Å². The number of urea groups is 1. The fraction of sp³-hybridized carbons (Fsp3) is 0.500. The van der Waals surface area contributed by atoms with Gasteiger partial charge >= 0.3 is 6.03 Å². The van der Waals surface area contributed by atoms with Crippen molar-refractivity contribution in [2.75, 3.05) is 11.9 Å². The molecule has 0 spiro atoms. The number of amides is 2. The van der Waals surface area contributed by atoms with Crippen LogP contribution in [0.1, 0.15) is 6.42 Å². The Kier molecular flexibility index (Phi) is 4.67. The van der Waals surface area contributed by atoms with Gasteiger partial charge in [0.25, 0.3) is 6.43 Å². The van der Waals surface area contributed by atoms with E-state index in [1.807, 2.05) is 12.2 Å². The summed E-state index contributed by atoms with van der Waals surface area (Å²) in [6.45, 7) is -0.455. The maximum Gasteiger partial charge on any atom is 0.319 e. The zero-order valence-electron chi connectivity index (χ0n) is 10.7. The molecule has 1 aliphatic carbocycles. The third-order valence-electron chi connectivity index (χ3n) is 2.94. The minimum atomic E-state index is -2.49. The maximum absolute atomic E-state index is 12.1. The van der Waals surface area contributed by atoms with E-state index in [2.05, 4.69) is 15.7 Å². The number of alkyl halides is 2. The lowest BCUT2D eigenvalue weighted by molar-refractivity contribution is 0.122. The molecule has 0 fully saturated rings. The monoisotopic (exact) mass is 286 g/mol. The van der Waals surface area contributed by atoms with Gasteiger partial charge in [-0.1, -0.05) is 12.2 Å². The first-order valence-electron chi connectivity index (χ1n) is 6.24. The summed E-state index contributed by atoms with van der Waals surface area (Å²) < 4.78 is 25.4. The summed E-state index contributed by atoms with van der Waals surface area (Å²) in [4.78, 5) is 11.7. The Hall–Kier alpha value is -1.96. The van der Waals surface area contributed by atoms with E-state index in [-0.39, 0.29) is 18.6 Å². The molecular weight excluding hydrogens is 270 g/mol. The molecule has 2 amide bonds. The smallest absolute Gasteiger partial charge is 0.319 e. The predicted molar refractivity (Wildman–Crippen MR) is 68.5 cm³/mol. The Morgan fingerprint density at radius 2 is 2.35 bits per heavy atom. The lowest BCUT2D eigenvalue weighted by atomic mass is 10.1. The van der Waals surface area contributed by atoms with Crippen LogP contribution in [-0.2, 0) is 6.54 Å². The van der Waals surface area contributed by atoms with Crippen LogP contribution in [0.25, 0.3) is 0 Å². The fourth-order valence-electron chi connectivity index (χ4n) is 2.02. The topological polar surface area (TPSA) is 79.2 Å². The molecule has 110 valence electrons. The van der Waals surface area contributed by atoms with Crippen molar-refractivity contribution in [3.63, 3.8) is 0 Å². The number of carbonyl (C=O) groups is 1. The normalized spacial score (nSPS) is 21.4. The number of nitrogens with one attached hydrogen (secondary N) is 2. The molecule has 0 saturated heterocycles. The molecule has 0 radical (unpaired) electrons. The van der Waals surface area contributed by atoms with Gasteiger partial charge in [-0.25, -0.2) is 13.6 Å². The van der Waals surface area contributed by atoms with Crippen molar-refractivity contribution in [2.24, 2.45) is 5.92 Å². The van der Waals surface area contributed by atoms with Gasteiger partial charge in [-0.15, -0.1) is 0 Å². The molecule has 8 heteroatoms. The van der Waals surface area contributed by atoms with Crippen LogP contribution in [0.15, 0.2) is 24.5 Å². The number of aliphatic hydroxyl groups is 1. The molecule has 1 aliphatic rings. The van der Waals surface area contributed by atoms with Gasteiger partial charge in [0.1, 0.15) is 6.54 Å². The molecule has 1 aromatic rings. The minimum Gasteiger partial charge on any atom is -0.396 e. The van der Waals surface area contributed by atoms with Crippen LogP contribution in [0.5, 0.6) is 0 Å². The molecule has 1 heterocycles. The van der Waals surface area contributed by atoms with E-state index >= 15 is 0 Å². The van der Waals surface area contributed by atoms with Crippen molar-refractivity contribution in [3.8, 4) is 0 Å². The highest BCUT2D eigenvalue weighted by Crippen LogP contribution is 2.17. The fourth-order valence-corrected chi connectivity index (χ4v) is 2.02. The van der Waals surface area contributed by atoms with E-state index in [4.69, 9.17) is 5.11 Å². The van der Waals surface area contributed by atoms with E-state index in [0.29, 0.717) is 12.1 Å². The number of aromatic nitrogens is 2. The minimum absolute atomic E-state index is 0.0523. The van der Waals surface area contributed by atoms with Crippen LogP contribution in [0, 0.1) is 5.92 Å². The summed E-state index contributed by atoms with van der Waals surface area (Å²) >= 11 is 0. The Morgan fingerprint density at radius 1 is 1.55 bits per heavy atom. The number of nitrogens with zero attached hydrogens (tertiary/aromatic N) is 2. The molecule has 3 N–H and O–H groups in total. The van der Waals surface area contributed by atoms with Crippen LogP contribution in [0.4, 0.5) is 19.3 Å². The number of hydrogen-bond donors (Lipinski definition) is 3. The Morgan fingerprint density at radius 3 is 3.00 bits per heavy atom. The van der Waals surface area contributed by atoms with E-state index < -0.39 is 19.0 Å². The Balaban J connectivity index is 1.80. The summed E-state index contributed by atoms with van der Waals surface area (Å²) in [5.41, 5.74) is 0.351. The molecule has 1 aromatic heterocycles. The molecule has 0 aromatic carbocycles. The largest absolute Gasteiger partial charge is 0.396 e. The van der Waals surface area contributed by atoms with E-state index in [1.165, 1.54) is 12.4 Å². The van der Waals surface area contributed by atoms with Crippen LogP contribution in [0.3, 0.4) is 0 Å². The molecule has 0 aliphatic heterocycles. The van der Waals surface area contributed by atoms with Gasteiger partial charge in [-0.3, -0.25) is 4.68 Å². The zero-order chi connectivity index (χ0) is 14.5. The van der Waals surface area contributed by atoms with Crippen molar-refractivity contribution in [1.82, 2.24) is 15.1 Å². The summed E-state index contributed by atoms with van der Waals surface area (Å²) in [6.07, 6.45) is 4.48. The molecule has 6 nitrogen and oxygen atoms in total. The Bertz CT molecular complexity index is 490. The predicted octanol–water partition coefficient (Wildman–Crippen LogP) is 1.21. The van der Waals surface area contributed by atoms with E-state index in [0.717, 1.165) is 4.68 Å². The van der Waals surface area contributed by atoms with Gasteiger partial charge in [-0.05, 0) is 6.42 Å². The van der Waals surface area contributed by atoms with Gasteiger partial charge in [0.05, 0.1) is 11.9 Å². The quantitative estimate of drug-likeness (QED) is 0.712. The first-order chi connectivity index (χ1) is 9.56. The third kappa shape index (κ3) is 4.02. The SMILES string of the molecule is O=C(Nc1cnn(CC(F)F)c1)N[C@@H]1C=C[C@H](CO)C1. The summed E-state index contributed by atoms with van der Waals surface area (Å²) in [5, 5.41) is 17.9. The van der Waals surface area contributed by atoms with E-state index in [1.54, 1.807) is 0 Å². The summed E-state index contributed by atoms with van der Waals surface area (Å²) in [6, 6.07) is -0.571. The lowest BCUT2D eigenvalue weighted by Gasteiger charge is -2.12. The van der Waals surface area contributed by atoms with Crippen LogP contribution in [-0.4, -0.2) is 40.0 Å². The van der Waals surface area contributed by atoms with Gasteiger partial charge in [0.2, 0.25) is 0 Å². The summed E-state index contributed by atoms with van der Waals surface area (Å²) in [7, 11) is 0. The number of aliphatic hydroxyl groups excluding tert-OH is 1. The van der Waals surface area contributed by atoms with Crippen molar-refractivity contribution in [2.45, 2.75) is 25.4 Å². The van der Waals surface area contributed by atoms with Gasteiger partial charge < -0.3 is 15.7 Å². The number of halogens is 2. The molecule has 2 atom stereocenters. The van der Waals surface area contributed by atoms with Crippen molar-refractivity contribution >= 4 is 11.7 Å². The van der Waals surface area contributed by atoms with Gasteiger partial charge in [0.15, 0.2) is 0 Å². The Labute approximate surface area is 114 Å². The van der Waals surface area contributed by atoms with Crippen molar-refractivity contribution in [3.05, 3.63) is 24.5 Å². The first-order valence-corrected chi connectivity index (χ1v) is 6.24. The number of anilines is 1. The summed E-state index contributed by atoms with van der Waals surface area (Å²) in [5.74, 6) is 0.0640. The molecule has 2 rings (SSSR count). The molecular formula is C12H16F2N4O2. The lowest BCUT2D eigenvalue weighted by Crippen LogP contribution is -2.36.